The van der Waals surface area contributed by atoms with E-state index in [1.54, 1.807) is 36.5 Å². The highest BCUT2D eigenvalue weighted by molar-refractivity contribution is 6.30. The predicted molar refractivity (Wildman–Crippen MR) is 130 cm³/mol. The molecule has 0 fully saturated rings. The lowest BCUT2D eigenvalue weighted by molar-refractivity contribution is -0.0586. The third-order valence-corrected chi connectivity index (χ3v) is 5.10. The van der Waals surface area contributed by atoms with Gasteiger partial charge in [0.25, 0.3) is 0 Å². The van der Waals surface area contributed by atoms with E-state index in [0.29, 0.717) is 38.9 Å². The number of benzene rings is 3. The van der Waals surface area contributed by atoms with Crippen LogP contribution in [0.5, 0.6) is 23.0 Å². The Labute approximate surface area is 203 Å². The number of alkyl halides is 3. The van der Waals surface area contributed by atoms with Gasteiger partial charge < -0.3 is 19.5 Å². The van der Waals surface area contributed by atoms with Crippen molar-refractivity contribution in [1.29, 1.82) is 0 Å². The van der Waals surface area contributed by atoms with E-state index in [1.807, 2.05) is 0 Å². The molecule has 1 N–H and O–H groups in total. The summed E-state index contributed by atoms with van der Waals surface area (Å²) in [6.07, 6.45) is -3.12. The lowest BCUT2D eigenvalue weighted by atomic mass is 10.2. The summed E-state index contributed by atoms with van der Waals surface area (Å²) < 4.78 is 57.3. The van der Waals surface area contributed by atoms with Gasteiger partial charge in [-0.1, -0.05) is 17.7 Å². The third kappa shape index (κ3) is 5.75. The fourth-order valence-electron chi connectivity index (χ4n) is 3.25. The van der Waals surface area contributed by atoms with Crippen molar-refractivity contribution in [3.8, 4) is 23.0 Å². The number of fused-ring (bicyclic) bond motifs is 1. The van der Waals surface area contributed by atoms with E-state index in [-0.39, 0.29) is 11.4 Å². The van der Waals surface area contributed by atoms with Crippen LogP contribution in [0, 0.1) is 0 Å². The Morgan fingerprint density at radius 3 is 2.29 bits per heavy atom. The Kier molecular flexibility index (Phi) is 6.97. The molecular formula is C25H19ClF3N3O3. The van der Waals surface area contributed by atoms with E-state index in [0.717, 1.165) is 0 Å². The smallest absolute Gasteiger partial charge is 0.449 e. The zero-order valence-electron chi connectivity index (χ0n) is 18.6. The fraction of sp³-hybridized carbons (Fsp3) is 0.120. The van der Waals surface area contributed by atoms with Gasteiger partial charge >= 0.3 is 6.18 Å². The van der Waals surface area contributed by atoms with Gasteiger partial charge in [0.05, 0.1) is 25.4 Å². The second-order valence-electron chi connectivity index (χ2n) is 7.22. The quantitative estimate of drug-likeness (QED) is 0.220. The zero-order valence-corrected chi connectivity index (χ0v) is 19.3. The Hall–Kier alpha value is -3.98. The first-order valence-corrected chi connectivity index (χ1v) is 10.6. The summed E-state index contributed by atoms with van der Waals surface area (Å²) in [6, 6.07) is 17.0. The largest absolute Gasteiger partial charge is 0.493 e. The van der Waals surface area contributed by atoms with E-state index < -0.39 is 12.0 Å². The van der Waals surface area contributed by atoms with Crippen molar-refractivity contribution < 1.29 is 27.4 Å². The van der Waals surface area contributed by atoms with Crippen molar-refractivity contribution in [2.24, 2.45) is 4.99 Å². The Balaban J connectivity index is 1.60. The summed E-state index contributed by atoms with van der Waals surface area (Å²) in [4.78, 5) is 8.06. The summed E-state index contributed by atoms with van der Waals surface area (Å²) in [6.45, 7) is 0. The fourth-order valence-corrected chi connectivity index (χ4v) is 3.44. The monoisotopic (exact) mass is 501 g/mol. The molecule has 180 valence electrons. The molecule has 0 bridgehead atoms. The predicted octanol–water partition coefficient (Wildman–Crippen LogP) is 7.40. The third-order valence-electron chi connectivity index (χ3n) is 4.87. The molecule has 0 amide bonds. The minimum absolute atomic E-state index is 0.0881. The van der Waals surface area contributed by atoms with Gasteiger partial charge in [0, 0.05) is 28.4 Å². The van der Waals surface area contributed by atoms with Crippen molar-refractivity contribution in [2.75, 3.05) is 19.5 Å². The molecular weight excluding hydrogens is 483 g/mol. The van der Waals surface area contributed by atoms with Gasteiger partial charge in [0.2, 0.25) is 5.84 Å². The van der Waals surface area contributed by atoms with E-state index >= 15 is 0 Å². The second-order valence-corrected chi connectivity index (χ2v) is 7.66. The van der Waals surface area contributed by atoms with Crippen LogP contribution in [0.4, 0.5) is 24.5 Å². The number of halogens is 4. The van der Waals surface area contributed by atoms with Gasteiger partial charge in [-0.2, -0.15) is 13.2 Å². The van der Waals surface area contributed by atoms with Crippen LogP contribution < -0.4 is 19.5 Å². The number of nitrogens with zero attached hydrogens (tertiary/aromatic N) is 2. The maximum absolute atomic E-state index is 13.5. The average Bonchev–Trinajstić information content (AvgIpc) is 2.83. The van der Waals surface area contributed by atoms with Crippen LogP contribution in [0.2, 0.25) is 5.02 Å². The highest BCUT2D eigenvalue weighted by Gasteiger charge is 2.36. The van der Waals surface area contributed by atoms with Crippen LogP contribution >= 0.6 is 11.6 Å². The van der Waals surface area contributed by atoms with E-state index in [1.165, 1.54) is 50.6 Å². The van der Waals surface area contributed by atoms with Crippen molar-refractivity contribution in [2.45, 2.75) is 6.18 Å². The standard InChI is InChI=1S/C25H19ClF3N3O3/c1-33-22-13-19-20(14-23(22)34-2)30-11-10-21(19)35-18-8-6-16(7-9-18)31-24(25(27,28)29)32-17-5-3-4-15(26)12-17/h3-14H,1-2H3,(H,31,32). The Bertz CT molecular complexity index is 1380. The minimum atomic E-state index is -4.70. The SMILES string of the molecule is COc1cc2nccc(Oc3ccc(N=C(Nc4cccc(Cl)c4)C(F)(F)F)cc3)c2cc1OC. The molecule has 0 aliphatic heterocycles. The molecule has 1 heterocycles. The van der Waals surface area contributed by atoms with Crippen molar-refractivity contribution in [3.05, 3.63) is 77.9 Å². The highest BCUT2D eigenvalue weighted by atomic mass is 35.5. The molecule has 1 aromatic heterocycles. The molecule has 0 atom stereocenters. The number of nitrogens with one attached hydrogen (secondary N) is 1. The first-order valence-electron chi connectivity index (χ1n) is 10.2. The van der Waals surface area contributed by atoms with Gasteiger partial charge in [0.15, 0.2) is 11.5 Å². The molecule has 6 nitrogen and oxygen atoms in total. The van der Waals surface area contributed by atoms with Gasteiger partial charge in [-0.3, -0.25) is 4.98 Å². The normalized spacial score (nSPS) is 11.9. The lowest BCUT2D eigenvalue weighted by Crippen LogP contribution is -2.30. The lowest BCUT2D eigenvalue weighted by Gasteiger charge is -2.14. The minimum Gasteiger partial charge on any atom is -0.493 e. The number of aliphatic imine (C=N–C) groups is 1. The maximum atomic E-state index is 13.5. The molecule has 0 spiro atoms. The molecule has 35 heavy (non-hydrogen) atoms. The number of aromatic nitrogens is 1. The van der Waals surface area contributed by atoms with Crippen LogP contribution in [0.15, 0.2) is 77.9 Å². The summed E-state index contributed by atoms with van der Waals surface area (Å²) >= 11 is 5.86. The second kappa shape index (κ2) is 10.1. The van der Waals surface area contributed by atoms with Crippen molar-refractivity contribution in [3.63, 3.8) is 0 Å². The maximum Gasteiger partial charge on any atom is 0.449 e. The molecule has 10 heteroatoms. The Morgan fingerprint density at radius 1 is 0.914 bits per heavy atom. The number of ether oxygens (including phenoxy) is 3. The van der Waals surface area contributed by atoms with Crippen LogP contribution in [0.1, 0.15) is 0 Å². The Morgan fingerprint density at radius 2 is 1.63 bits per heavy atom. The van der Waals surface area contributed by atoms with Gasteiger partial charge in [-0.25, -0.2) is 4.99 Å². The van der Waals surface area contributed by atoms with Crippen LogP contribution in [0.3, 0.4) is 0 Å². The molecule has 0 aliphatic carbocycles. The van der Waals surface area contributed by atoms with Crippen LogP contribution in [0.25, 0.3) is 10.9 Å². The van der Waals surface area contributed by atoms with E-state index in [9.17, 15) is 13.2 Å². The number of hydrogen-bond donors (Lipinski definition) is 1. The molecule has 0 saturated carbocycles. The summed E-state index contributed by atoms with van der Waals surface area (Å²) in [5.41, 5.74) is 0.888. The van der Waals surface area contributed by atoms with Crippen LogP contribution in [-0.4, -0.2) is 31.2 Å². The topological polar surface area (TPSA) is 65.0 Å². The number of pyridine rings is 1. The highest BCUT2D eigenvalue weighted by Crippen LogP contribution is 2.37. The van der Waals surface area contributed by atoms with Gasteiger partial charge in [-0.05, 0) is 54.6 Å². The van der Waals surface area contributed by atoms with E-state index in [2.05, 4.69) is 15.3 Å². The molecule has 4 rings (SSSR count). The molecule has 0 saturated heterocycles. The molecule has 0 unspecified atom stereocenters. The first-order chi connectivity index (χ1) is 16.8. The first kappa shape index (κ1) is 24.2. The summed E-state index contributed by atoms with van der Waals surface area (Å²) in [5.74, 6) is 0.760. The number of amidine groups is 1. The summed E-state index contributed by atoms with van der Waals surface area (Å²) in [5, 5.41) is 3.26. The van der Waals surface area contributed by atoms with Crippen molar-refractivity contribution in [1.82, 2.24) is 4.98 Å². The molecule has 3 aromatic carbocycles. The number of hydrogen-bond acceptors (Lipinski definition) is 5. The number of anilines is 1. The van der Waals surface area contributed by atoms with Gasteiger partial charge in [-0.15, -0.1) is 0 Å². The zero-order chi connectivity index (χ0) is 25.0. The van der Waals surface area contributed by atoms with Crippen LogP contribution in [-0.2, 0) is 0 Å². The molecule has 0 aliphatic rings. The number of methoxy groups -OCH3 is 2. The molecule has 0 radical (unpaired) electrons. The number of rotatable bonds is 6. The van der Waals surface area contributed by atoms with Gasteiger partial charge in [0.1, 0.15) is 11.5 Å². The average molecular weight is 502 g/mol. The van der Waals surface area contributed by atoms with E-state index in [4.69, 9.17) is 25.8 Å². The van der Waals surface area contributed by atoms with Crippen molar-refractivity contribution >= 4 is 39.7 Å². The summed E-state index contributed by atoms with van der Waals surface area (Å²) in [7, 11) is 3.05. The molecule has 4 aromatic rings.